The molecular weight excluding hydrogens is 172 g/mol. The zero-order valence-electron chi connectivity index (χ0n) is 6.95. The first-order chi connectivity index (χ1) is 5.74. The topological polar surface area (TPSA) is 40.5 Å². The summed E-state index contributed by atoms with van der Waals surface area (Å²) < 4.78 is 0. The average molecular weight is 184 g/mol. The van der Waals surface area contributed by atoms with Gasteiger partial charge in [-0.25, -0.2) is 0 Å². The molecule has 0 heterocycles. The minimum absolute atomic E-state index is 0.105. The summed E-state index contributed by atoms with van der Waals surface area (Å²) in [6.45, 7) is 2.09. The van der Waals surface area contributed by atoms with Crippen LogP contribution in [0.15, 0.2) is 23.1 Å². The lowest BCUT2D eigenvalue weighted by atomic mass is 10.3. The van der Waals surface area contributed by atoms with Crippen LogP contribution in [-0.2, 0) is 0 Å². The van der Waals surface area contributed by atoms with Gasteiger partial charge in [0.15, 0.2) is 0 Å². The second kappa shape index (κ2) is 4.26. The van der Waals surface area contributed by atoms with E-state index in [9.17, 15) is 5.11 Å². The van der Waals surface area contributed by atoms with Gasteiger partial charge in [-0.15, -0.1) is 11.8 Å². The summed E-state index contributed by atoms with van der Waals surface area (Å²) in [4.78, 5) is 0.828. The molecule has 1 aromatic rings. The number of thioether (sulfide) groups is 1. The molecule has 1 rings (SSSR count). The van der Waals surface area contributed by atoms with Gasteiger partial charge in [-0.05, 0) is 24.3 Å². The van der Waals surface area contributed by atoms with Crippen LogP contribution in [-0.4, -0.2) is 16.0 Å². The second-order valence-electron chi connectivity index (χ2n) is 2.50. The van der Waals surface area contributed by atoms with Crippen LogP contribution in [0.4, 0.5) is 0 Å². The molecule has 0 aliphatic heterocycles. The molecule has 0 atom stereocenters. The van der Waals surface area contributed by atoms with Crippen LogP contribution in [0.25, 0.3) is 0 Å². The summed E-state index contributed by atoms with van der Waals surface area (Å²) in [5.74, 6) is 1.25. The number of hydrogen-bond acceptors (Lipinski definition) is 3. The molecule has 1 aromatic carbocycles. The summed E-state index contributed by atoms with van der Waals surface area (Å²) in [5.41, 5.74) is 0. The molecule has 0 aliphatic rings. The van der Waals surface area contributed by atoms with Crippen LogP contribution >= 0.6 is 11.8 Å². The van der Waals surface area contributed by atoms with Crippen LogP contribution in [0.2, 0.25) is 0 Å². The summed E-state index contributed by atoms with van der Waals surface area (Å²) >= 11 is 1.59. The molecule has 0 radical (unpaired) electrons. The van der Waals surface area contributed by atoms with E-state index in [1.807, 2.05) is 0 Å². The van der Waals surface area contributed by atoms with E-state index >= 15 is 0 Å². The number of aromatic hydroxyl groups is 2. The van der Waals surface area contributed by atoms with Crippen molar-refractivity contribution >= 4 is 11.8 Å². The minimum atomic E-state index is 0.105. The Labute approximate surface area is 76.2 Å². The number of phenolic OH excluding ortho intramolecular Hbond substituents is 2. The Kier molecular flexibility index (Phi) is 3.29. The maximum Gasteiger partial charge on any atom is 0.132 e. The van der Waals surface area contributed by atoms with Crippen LogP contribution in [0, 0.1) is 0 Å². The first kappa shape index (κ1) is 9.26. The Morgan fingerprint density at radius 1 is 1.33 bits per heavy atom. The van der Waals surface area contributed by atoms with Gasteiger partial charge in [-0.3, -0.25) is 0 Å². The summed E-state index contributed by atoms with van der Waals surface area (Å²) in [6.07, 6.45) is 1.07. The predicted octanol–water partition coefficient (Wildman–Crippen LogP) is 2.60. The highest BCUT2D eigenvalue weighted by molar-refractivity contribution is 7.99. The molecular formula is C9H12O2S. The third-order valence-electron chi connectivity index (χ3n) is 1.40. The quantitative estimate of drug-likeness (QED) is 0.709. The van der Waals surface area contributed by atoms with Crippen LogP contribution < -0.4 is 0 Å². The van der Waals surface area contributed by atoms with Crippen LogP contribution in [0.5, 0.6) is 11.5 Å². The molecule has 2 N–H and O–H groups in total. The summed E-state index contributed by atoms with van der Waals surface area (Å²) in [5, 5.41) is 18.3. The SMILES string of the molecule is CCCSc1ccc(O)cc1O. The van der Waals surface area contributed by atoms with Crippen LogP contribution in [0.1, 0.15) is 13.3 Å². The van der Waals surface area contributed by atoms with Crippen molar-refractivity contribution < 1.29 is 10.2 Å². The van der Waals surface area contributed by atoms with E-state index in [4.69, 9.17) is 5.11 Å². The molecule has 0 aromatic heterocycles. The van der Waals surface area contributed by atoms with Crippen LogP contribution in [0.3, 0.4) is 0 Å². The Hall–Kier alpha value is -0.830. The number of benzene rings is 1. The van der Waals surface area contributed by atoms with Gasteiger partial charge in [0.1, 0.15) is 11.5 Å². The van der Waals surface area contributed by atoms with Crippen molar-refractivity contribution in [3.8, 4) is 11.5 Å². The molecule has 0 aliphatic carbocycles. The molecule has 0 unspecified atom stereocenters. The molecule has 2 nitrogen and oxygen atoms in total. The highest BCUT2D eigenvalue weighted by Gasteiger charge is 2.01. The smallest absolute Gasteiger partial charge is 0.132 e. The normalized spacial score (nSPS) is 10.1. The molecule has 12 heavy (non-hydrogen) atoms. The highest BCUT2D eigenvalue weighted by Crippen LogP contribution is 2.31. The minimum Gasteiger partial charge on any atom is -0.508 e. The van der Waals surface area contributed by atoms with Crippen molar-refractivity contribution in [2.24, 2.45) is 0 Å². The van der Waals surface area contributed by atoms with E-state index in [-0.39, 0.29) is 11.5 Å². The maximum absolute atomic E-state index is 9.34. The van der Waals surface area contributed by atoms with Crippen molar-refractivity contribution in [1.82, 2.24) is 0 Å². The van der Waals surface area contributed by atoms with Gasteiger partial charge in [0, 0.05) is 11.0 Å². The number of hydrogen-bond donors (Lipinski definition) is 2. The molecule has 0 fully saturated rings. The number of rotatable bonds is 3. The average Bonchev–Trinajstić information content (AvgIpc) is 2.03. The zero-order valence-corrected chi connectivity index (χ0v) is 7.77. The maximum atomic E-state index is 9.34. The molecule has 0 spiro atoms. The first-order valence-corrected chi connectivity index (χ1v) is 4.87. The van der Waals surface area contributed by atoms with Gasteiger partial charge in [-0.1, -0.05) is 6.92 Å². The van der Waals surface area contributed by atoms with Crippen molar-refractivity contribution in [2.75, 3.05) is 5.75 Å². The molecule has 0 amide bonds. The van der Waals surface area contributed by atoms with E-state index in [1.54, 1.807) is 23.9 Å². The predicted molar refractivity (Wildman–Crippen MR) is 50.8 cm³/mol. The van der Waals surface area contributed by atoms with E-state index < -0.39 is 0 Å². The Morgan fingerprint density at radius 2 is 2.08 bits per heavy atom. The van der Waals surface area contributed by atoms with E-state index in [1.165, 1.54) is 6.07 Å². The summed E-state index contributed by atoms with van der Waals surface area (Å²) in [6, 6.07) is 4.67. The van der Waals surface area contributed by atoms with Gasteiger partial charge in [0.2, 0.25) is 0 Å². The highest BCUT2D eigenvalue weighted by atomic mass is 32.2. The Bertz CT molecular complexity index is 261. The van der Waals surface area contributed by atoms with Gasteiger partial charge in [0.05, 0.1) is 0 Å². The largest absolute Gasteiger partial charge is 0.508 e. The van der Waals surface area contributed by atoms with Crippen molar-refractivity contribution in [2.45, 2.75) is 18.2 Å². The third-order valence-corrected chi connectivity index (χ3v) is 2.67. The lowest BCUT2D eigenvalue weighted by molar-refractivity contribution is 0.442. The third kappa shape index (κ3) is 2.34. The standard InChI is InChI=1S/C9H12O2S/c1-2-5-12-9-4-3-7(10)6-8(9)11/h3-4,6,10-11H,2,5H2,1H3. The summed E-state index contributed by atoms with van der Waals surface area (Å²) in [7, 11) is 0. The van der Waals surface area contributed by atoms with Crippen molar-refractivity contribution in [3.63, 3.8) is 0 Å². The molecule has 66 valence electrons. The monoisotopic (exact) mass is 184 g/mol. The Balaban J connectivity index is 2.72. The van der Waals surface area contributed by atoms with E-state index in [0.717, 1.165) is 17.1 Å². The second-order valence-corrected chi connectivity index (χ2v) is 3.64. The van der Waals surface area contributed by atoms with E-state index in [0.29, 0.717) is 0 Å². The molecule has 3 heteroatoms. The fourth-order valence-electron chi connectivity index (χ4n) is 0.840. The van der Waals surface area contributed by atoms with Gasteiger partial charge < -0.3 is 10.2 Å². The van der Waals surface area contributed by atoms with Crippen molar-refractivity contribution in [3.05, 3.63) is 18.2 Å². The fraction of sp³-hybridized carbons (Fsp3) is 0.333. The molecule has 0 saturated heterocycles. The van der Waals surface area contributed by atoms with E-state index in [2.05, 4.69) is 6.92 Å². The molecule has 0 bridgehead atoms. The lowest BCUT2D eigenvalue weighted by Crippen LogP contribution is -1.77. The fourth-order valence-corrected chi connectivity index (χ4v) is 1.63. The first-order valence-electron chi connectivity index (χ1n) is 3.89. The molecule has 0 saturated carbocycles. The van der Waals surface area contributed by atoms with Gasteiger partial charge in [-0.2, -0.15) is 0 Å². The van der Waals surface area contributed by atoms with Gasteiger partial charge in [0.25, 0.3) is 0 Å². The Morgan fingerprint density at radius 3 is 2.67 bits per heavy atom. The van der Waals surface area contributed by atoms with Gasteiger partial charge >= 0.3 is 0 Å². The number of phenols is 2. The zero-order chi connectivity index (χ0) is 8.97. The van der Waals surface area contributed by atoms with Crippen molar-refractivity contribution in [1.29, 1.82) is 0 Å². The lowest BCUT2D eigenvalue weighted by Gasteiger charge is -2.02.